The zero-order valence-electron chi connectivity index (χ0n) is 17.7. The van der Waals surface area contributed by atoms with Crippen LogP contribution < -0.4 is 20.7 Å². The Balaban J connectivity index is 1.68. The van der Waals surface area contributed by atoms with Crippen LogP contribution in [0.5, 0.6) is 5.75 Å². The maximum absolute atomic E-state index is 13.1. The number of hydrogen-bond acceptors (Lipinski definition) is 8. The predicted molar refractivity (Wildman–Crippen MR) is 118 cm³/mol. The van der Waals surface area contributed by atoms with E-state index < -0.39 is 0 Å². The van der Waals surface area contributed by atoms with Gasteiger partial charge in [-0.05, 0) is 25.8 Å². The van der Waals surface area contributed by atoms with Gasteiger partial charge in [-0.15, -0.1) is 0 Å². The molecule has 3 heterocycles. The Morgan fingerprint density at radius 3 is 2.84 bits per heavy atom. The van der Waals surface area contributed by atoms with Crippen LogP contribution in [0, 0.1) is 0 Å². The monoisotopic (exact) mass is 421 g/mol. The number of ether oxygens (including phenoxy) is 2. The van der Waals surface area contributed by atoms with Gasteiger partial charge in [0.15, 0.2) is 5.78 Å². The number of benzene rings is 1. The van der Waals surface area contributed by atoms with Crippen molar-refractivity contribution in [2.45, 2.75) is 32.1 Å². The quantitative estimate of drug-likeness (QED) is 0.777. The molecule has 0 amide bonds. The summed E-state index contributed by atoms with van der Waals surface area (Å²) >= 11 is 0. The molecule has 0 radical (unpaired) electrons. The lowest BCUT2D eigenvalue weighted by atomic mass is 9.76. The van der Waals surface area contributed by atoms with E-state index in [1.54, 1.807) is 0 Å². The van der Waals surface area contributed by atoms with E-state index in [4.69, 9.17) is 20.2 Å². The van der Waals surface area contributed by atoms with Crippen LogP contribution >= 0.6 is 0 Å². The van der Waals surface area contributed by atoms with Gasteiger partial charge in [-0.3, -0.25) is 4.79 Å². The molecule has 8 nitrogen and oxygen atoms in total. The lowest BCUT2D eigenvalue weighted by molar-refractivity contribution is -0.116. The van der Waals surface area contributed by atoms with E-state index in [-0.39, 0.29) is 11.7 Å². The van der Waals surface area contributed by atoms with Crippen molar-refractivity contribution in [3.8, 4) is 5.75 Å². The van der Waals surface area contributed by atoms with Crippen molar-refractivity contribution in [1.29, 1.82) is 0 Å². The molecule has 2 aliphatic heterocycles. The number of nitrogen functional groups attached to an aromatic ring is 1. The zero-order chi connectivity index (χ0) is 21.4. The Labute approximate surface area is 181 Å². The fourth-order valence-corrected chi connectivity index (χ4v) is 4.69. The molecule has 3 N–H and O–H groups in total. The van der Waals surface area contributed by atoms with Gasteiger partial charge in [0.1, 0.15) is 17.4 Å². The highest BCUT2D eigenvalue weighted by Crippen LogP contribution is 2.49. The summed E-state index contributed by atoms with van der Waals surface area (Å²) in [6, 6.07) is 7.85. The summed E-state index contributed by atoms with van der Waals surface area (Å²) < 4.78 is 11.4. The van der Waals surface area contributed by atoms with E-state index in [1.807, 2.05) is 31.2 Å². The number of carbonyl (C=O) groups excluding carboxylic acids is 1. The molecule has 162 valence electrons. The smallest absolute Gasteiger partial charge is 0.229 e. The highest BCUT2D eigenvalue weighted by atomic mass is 16.5. The van der Waals surface area contributed by atoms with E-state index in [2.05, 4.69) is 15.2 Å². The molecule has 0 spiro atoms. The number of morpholine rings is 1. The molecule has 1 fully saturated rings. The van der Waals surface area contributed by atoms with Gasteiger partial charge in [-0.1, -0.05) is 18.2 Å². The second-order valence-electron chi connectivity index (χ2n) is 7.97. The number of carbonyl (C=O) groups is 1. The van der Waals surface area contributed by atoms with Gasteiger partial charge < -0.3 is 25.4 Å². The maximum atomic E-state index is 13.1. The number of nitrogens with zero attached hydrogens (tertiary/aromatic N) is 3. The van der Waals surface area contributed by atoms with Crippen molar-refractivity contribution in [3.63, 3.8) is 0 Å². The van der Waals surface area contributed by atoms with Crippen LogP contribution in [0.3, 0.4) is 0 Å². The van der Waals surface area contributed by atoms with Gasteiger partial charge in [-0.2, -0.15) is 9.97 Å². The molecule has 0 saturated carbocycles. The molecule has 1 atom stereocenters. The van der Waals surface area contributed by atoms with Crippen molar-refractivity contribution in [3.05, 3.63) is 46.7 Å². The molecular weight excluding hydrogens is 394 g/mol. The third-order valence-corrected chi connectivity index (χ3v) is 6.09. The van der Waals surface area contributed by atoms with Crippen molar-refractivity contribution in [1.82, 2.24) is 9.97 Å². The molecule has 1 aromatic carbocycles. The van der Waals surface area contributed by atoms with E-state index in [9.17, 15) is 4.79 Å². The van der Waals surface area contributed by atoms with Crippen LogP contribution in [-0.2, 0) is 9.53 Å². The van der Waals surface area contributed by atoms with Crippen LogP contribution in [0.25, 0.3) is 0 Å². The minimum Gasteiger partial charge on any atom is -0.494 e. The average Bonchev–Trinajstić information content (AvgIpc) is 2.79. The molecule has 31 heavy (non-hydrogen) atoms. The van der Waals surface area contributed by atoms with Gasteiger partial charge >= 0.3 is 0 Å². The summed E-state index contributed by atoms with van der Waals surface area (Å²) in [5.74, 6) is 2.21. The van der Waals surface area contributed by atoms with Crippen molar-refractivity contribution >= 4 is 23.4 Å². The fourth-order valence-electron chi connectivity index (χ4n) is 4.69. The molecule has 0 bridgehead atoms. The second kappa shape index (κ2) is 8.19. The van der Waals surface area contributed by atoms with Crippen LogP contribution in [0.1, 0.15) is 43.2 Å². The van der Waals surface area contributed by atoms with Crippen LogP contribution in [-0.4, -0.2) is 48.7 Å². The number of allylic oxidation sites excluding steroid dienone is 2. The molecule has 1 aromatic heterocycles. The van der Waals surface area contributed by atoms with Gasteiger partial charge in [0.2, 0.25) is 5.95 Å². The number of ketones is 1. The Hall–Kier alpha value is -3.13. The third kappa shape index (κ3) is 3.50. The topological polar surface area (TPSA) is 103 Å². The Bertz CT molecular complexity index is 1050. The third-order valence-electron chi connectivity index (χ3n) is 6.09. The van der Waals surface area contributed by atoms with Gasteiger partial charge in [0.25, 0.3) is 0 Å². The highest BCUT2D eigenvalue weighted by molar-refractivity contribution is 6.01. The number of nitrogens with one attached hydrogen (secondary N) is 1. The summed E-state index contributed by atoms with van der Waals surface area (Å²) in [7, 11) is 0. The zero-order valence-corrected chi connectivity index (χ0v) is 17.7. The van der Waals surface area contributed by atoms with Crippen molar-refractivity contribution in [2.75, 3.05) is 48.9 Å². The SMILES string of the molecule is CCOc1ccccc1C1C2=C(CCCC2=O)Nc2nc(N3CCOCC3)nc(N)c21. The molecule has 1 aliphatic carbocycles. The minimum absolute atomic E-state index is 0.146. The van der Waals surface area contributed by atoms with Gasteiger partial charge in [0.05, 0.1) is 25.7 Å². The van der Waals surface area contributed by atoms with E-state index in [0.29, 0.717) is 43.8 Å². The van der Waals surface area contributed by atoms with Crippen LogP contribution in [0.15, 0.2) is 35.5 Å². The first kappa shape index (κ1) is 19.8. The summed E-state index contributed by atoms with van der Waals surface area (Å²) in [4.78, 5) is 24.7. The van der Waals surface area contributed by atoms with E-state index in [1.165, 1.54) is 0 Å². The first-order valence-electron chi connectivity index (χ1n) is 10.9. The largest absolute Gasteiger partial charge is 0.494 e. The summed E-state index contributed by atoms with van der Waals surface area (Å²) in [6.07, 6.45) is 2.18. The maximum Gasteiger partial charge on any atom is 0.229 e. The van der Waals surface area contributed by atoms with Crippen LogP contribution in [0.2, 0.25) is 0 Å². The highest BCUT2D eigenvalue weighted by Gasteiger charge is 2.39. The number of fused-ring (bicyclic) bond motifs is 1. The molecule has 8 heteroatoms. The second-order valence-corrected chi connectivity index (χ2v) is 7.97. The van der Waals surface area contributed by atoms with Gasteiger partial charge in [-0.25, -0.2) is 0 Å². The van der Waals surface area contributed by atoms with Crippen molar-refractivity contribution < 1.29 is 14.3 Å². The number of para-hydroxylation sites is 1. The molecule has 2 aromatic rings. The number of anilines is 3. The normalized spacial score (nSPS) is 20.7. The average molecular weight is 422 g/mol. The summed E-state index contributed by atoms with van der Waals surface area (Å²) in [6.45, 7) is 5.22. The number of rotatable bonds is 4. The Kier molecular flexibility index (Phi) is 5.23. The summed E-state index contributed by atoms with van der Waals surface area (Å²) in [5.41, 5.74) is 9.91. The Morgan fingerprint density at radius 2 is 2.03 bits per heavy atom. The Morgan fingerprint density at radius 1 is 1.23 bits per heavy atom. The molecule has 1 unspecified atom stereocenters. The van der Waals surface area contributed by atoms with E-state index in [0.717, 1.165) is 54.1 Å². The standard InChI is InChI=1S/C23H27N5O3/c1-2-31-17-9-4-3-6-14(17)18-19-15(7-5-8-16(19)29)25-22-20(18)21(24)26-23(27-22)28-10-12-30-13-11-28/h3-4,6,9,18H,2,5,7-8,10-13H2,1H3,(H3,24,25,26,27). The number of Topliss-reactive ketones (excluding diaryl/α,β-unsaturated/α-hetero) is 1. The van der Waals surface area contributed by atoms with Gasteiger partial charge in [0, 0.05) is 41.9 Å². The molecule has 1 saturated heterocycles. The number of hydrogen-bond donors (Lipinski definition) is 2. The minimum atomic E-state index is -0.347. The lowest BCUT2D eigenvalue weighted by Gasteiger charge is -2.35. The molecule has 3 aliphatic rings. The van der Waals surface area contributed by atoms with Crippen LogP contribution in [0.4, 0.5) is 17.6 Å². The first-order valence-corrected chi connectivity index (χ1v) is 10.9. The van der Waals surface area contributed by atoms with Crippen molar-refractivity contribution in [2.24, 2.45) is 0 Å². The number of aromatic nitrogens is 2. The summed E-state index contributed by atoms with van der Waals surface area (Å²) in [5, 5.41) is 3.43. The lowest BCUT2D eigenvalue weighted by Crippen LogP contribution is -2.38. The fraction of sp³-hybridized carbons (Fsp3) is 0.435. The molecular formula is C23H27N5O3. The predicted octanol–water partition coefficient (Wildman–Crippen LogP) is 2.86. The first-order chi connectivity index (χ1) is 15.2. The number of nitrogens with two attached hydrogens (primary N) is 1. The molecule has 5 rings (SSSR count). The van der Waals surface area contributed by atoms with E-state index >= 15 is 0 Å².